The highest BCUT2D eigenvalue weighted by molar-refractivity contribution is 5.16. The predicted octanol–water partition coefficient (Wildman–Crippen LogP) is 2.31. The van der Waals surface area contributed by atoms with Crippen LogP contribution in [0.2, 0.25) is 0 Å². The molecule has 0 aromatic carbocycles. The van der Waals surface area contributed by atoms with Crippen LogP contribution in [0, 0.1) is 0 Å². The van der Waals surface area contributed by atoms with Crippen molar-refractivity contribution in [3.8, 4) is 0 Å². The van der Waals surface area contributed by atoms with E-state index in [0.29, 0.717) is 6.61 Å². The largest absolute Gasteiger partial charge is 0.377 e. The van der Waals surface area contributed by atoms with E-state index in [1.165, 1.54) is 5.56 Å². The smallest absolute Gasteiger partial charge is 0.153 e. The van der Waals surface area contributed by atoms with Crippen LogP contribution in [0.1, 0.15) is 38.6 Å². The van der Waals surface area contributed by atoms with Crippen molar-refractivity contribution in [2.45, 2.75) is 39.2 Å². The van der Waals surface area contributed by atoms with E-state index < -0.39 is 0 Å². The van der Waals surface area contributed by atoms with Crippen LogP contribution in [0.15, 0.2) is 12.4 Å². The van der Waals surface area contributed by atoms with Gasteiger partial charge in [-0.2, -0.15) is 0 Å². The van der Waals surface area contributed by atoms with Crippen LogP contribution < -0.4 is 0 Å². The van der Waals surface area contributed by atoms with Crippen LogP contribution >= 0.6 is 0 Å². The maximum absolute atomic E-state index is 4.95. The molecule has 0 unspecified atom stereocenters. The van der Waals surface area contributed by atoms with Crippen molar-refractivity contribution in [2.24, 2.45) is 0 Å². The molecule has 0 N–H and O–H groups in total. The van der Waals surface area contributed by atoms with Gasteiger partial charge in [-0.05, 0) is 17.4 Å². The summed E-state index contributed by atoms with van der Waals surface area (Å²) in [6.45, 7) is 7.04. The molecule has 0 aliphatic rings. The van der Waals surface area contributed by atoms with E-state index in [1.807, 2.05) is 12.4 Å². The van der Waals surface area contributed by atoms with Gasteiger partial charge < -0.3 is 4.74 Å². The normalized spacial score (nSPS) is 11.7. The summed E-state index contributed by atoms with van der Waals surface area (Å²) in [4.78, 5) is 8.49. The van der Waals surface area contributed by atoms with Gasteiger partial charge in [0.1, 0.15) is 6.61 Å². The fraction of sp³-hybridized carbons (Fsp3) is 0.636. The number of methoxy groups -OCH3 is 1. The molecule has 0 spiro atoms. The third kappa shape index (κ3) is 2.51. The van der Waals surface area contributed by atoms with Gasteiger partial charge in [-0.3, -0.25) is 0 Å². The lowest BCUT2D eigenvalue weighted by molar-refractivity contribution is 0.177. The lowest BCUT2D eigenvalue weighted by atomic mass is 9.84. The van der Waals surface area contributed by atoms with Gasteiger partial charge in [-0.1, -0.05) is 20.8 Å². The van der Waals surface area contributed by atoms with Crippen molar-refractivity contribution >= 4 is 0 Å². The molecule has 0 radical (unpaired) electrons. The summed E-state index contributed by atoms with van der Waals surface area (Å²) in [7, 11) is 1.65. The summed E-state index contributed by atoms with van der Waals surface area (Å²) < 4.78 is 4.95. The molecule has 0 aliphatic heterocycles. The molecule has 0 amide bonds. The highest BCUT2D eigenvalue weighted by Gasteiger charge is 2.18. The standard InChI is InChI=1S/C11H18N2O/c1-5-11(2,3)9-6-12-10(8-14-4)13-7-9/h6-7H,5,8H2,1-4H3. The molecule has 78 valence electrons. The van der Waals surface area contributed by atoms with E-state index >= 15 is 0 Å². The molecule has 14 heavy (non-hydrogen) atoms. The van der Waals surface area contributed by atoms with Gasteiger partial charge in [0.2, 0.25) is 0 Å². The molecule has 1 heterocycles. The number of nitrogens with zero attached hydrogens (tertiary/aromatic N) is 2. The van der Waals surface area contributed by atoms with Crippen LogP contribution in [0.5, 0.6) is 0 Å². The van der Waals surface area contributed by atoms with Gasteiger partial charge in [0, 0.05) is 19.5 Å². The van der Waals surface area contributed by atoms with Gasteiger partial charge in [0.05, 0.1) is 0 Å². The number of hydrogen-bond donors (Lipinski definition) is 0. The monoisotopic (exact) mass is 194 g/mol. The molecule has 0 fully saturated rings. The zero-order chi connectivity index (χ0) is 10.6. The topological polar surface area (TPSA) is 35.0 Å². The Morgan fingerprint density at radius 3 is 2.29 bits per heavy atom. The van der Waals surface area contributed by atoms with Gasteiger partial charge in [0.25, 0.3) is 0 Å². The van der Waals surface area contributed by atoms with Crippen LogP contribution in [-0.2, 0) is 16.8 Å². The quantitative estimate of drug-likeness (QED) is 0.737. The highest BCUT2D eigenvalue weighted by Crippen LogP contribution is 2.24. The molecule has 3 heteroatoms. The lowest BCUT2D eigenvalue weighted by Gasteiger charge is -2.22. The molecule has 0 saturated carbocycles. The third-order valence-electron chi connectivity index (χ3n) is 2.64. The molecule has 0 bridgehead atoms. The number of ether oxygens (including phenoxy) is 1. The molecule has 1 aromatic heterocycles. The molecule has 3 nitrogen and oxygen atoms in total. The minimum absolute atomic E-state index is 0.158. The van der Waals surface area contributed by atoms with Crippen LogP contribution in [-0.4, -0.2) is 17.1 Å². The van der Waals surface area contributed by atoms with Crippen molar-refractivity contribution in [3.05, 3.63) is 23.8 Å². The zero-order valence-corrected chi connectivity index (χ0v) is 9.37. The number of aromatic nitrogens is 2. The molecule has 1 aromatic rings. The van der Waals surface area contributed by atoms with Crippen LogP contribution in [0.3, 0.4) is 0 Å². The molecular formula is C11H18N2O. The first-order chi connectivity index (χ1) is 6.60. The van der Waals surface area contributed by atoms with Gasteiger partial charge in [-0.15, -0.1) is 0 Å². The van der Waals surface area contributed by atoms with Crippen molar-refractivity contribution in [3.63, 3.8) is 0 Å². The first-order valence-electron chi connectivity index (χ1n) is 4.90. The van der Waals surface area contributed by atoms with E-state index in [4.69, 9.17) is 4.74 Å². The highest BCUT2D eigenvalue weighted by atomic mass is 16.5. The Bertz CT molecular complexity index is 280. The van der Waals surface area contributed by atoms with Crippen molar-refractivity contribution in [1.29, 1.82) is 0 Å². The van der Waals surface area contributed by atoms with Crippen LogP contribution in [0.25, 0.3) is 0 Å². The van der Waals surface area contributed by atoms with Crippen molar-refractivity contribution in [2.75, 3.05) is 7.11 Å². The lowest BCUT2D eigenvalue weighted by Crippen LogP contribution is -2.16. The SMILES string of the molecule is CCC(C)(C)c1cnc(COC)nc1. The first-order valence-corrected chi connectivity index (χ1v) is 4.90. The van der Waals surface area contributed by atoms with Crippen molar-refractivity contribution in [1.82, 2.24) is 9.97 Å². The minimum atomic E-state index is 0.158. The van der Waals surface area contributed by atoms with Gasteiger partial charge in [-0.25, -0.2) is 9.97 Å². The average Bonchev–Trinajstić information content (AvgIpc) is 2.19. The fourth-order valence-corrected chi connectivity index (χ4v) is 1.11. The summed E-state index contributed by atoms with van der Waals surface area (Å²) in [6.07, 6.45) is 4.87. The van der Waals surface area contributed by atoms with E-state index in [2.05, 4.69) is 30.7 Å². The Balaban J connectivity index is 2.82. The van der Waals surface area contributed by atoms with Crippen LogP contribution in [0.4, 0.5) is 0 Å². The molecule has 0 aliphatic carbocycles. The summed E-state index contributed by atoms with van der Waals surface area (Å²) in [5.41, 5.74) is 1.34. The number of hydrogen-bond acceptors (Lipinski definition) is 3. The molecule has 0 atom stereocenters. The Labute approximate surface area is 85.5 Å². The second-order valence-electron chi connectivity index (χ2n) is 4.06. The maximum atomic E-state index is 4.95. The number of rotatable bonds is 4. The summed E-state index contributed by atoms with van der Waals surface area (Å²) in [5.74, 6) is 0.739. The Hall–Kier alpha value is -0.960. The minimum Gasteiger partial charge on any atom is -0.377 e. The van der Waals surface area contributed by atoms with E-state index in [0.717, 1.165) is 12.2 Å². The Morgan fingerprint density at radius 2 is 1.86 bits per heavy atom. The van der Waals surface area contributed by atoms with Gasteiger partial charge in [0.15, 0.2) is 5.82 Å². The fourth-order valence-electron chi connectivity index (χ4n) is 1.11. The Kier molecular flexibility index (Phi) is 3.58. The van der Waals surface area contributed by atoms with E-state index in [-0.39, 0.29) is 5.41 Å². The van der Waals surface area contributed by atoms with E-state index in [9.17, 15) is 0 Å². The molecular weight excluding hydrogens is 176 g/mol. The summed E-state index contributed by atoms with van der Waals surface area (Å²) in [5, 5.41) is 0. The second-order valence-corrected chi connectivity index (χ2v) is 4.06. The Morgan fingerprint density at radius 1 is 1.29 bits per heavy atom. The summed E-state index contributed by atoms with van der Waals surface area (Å²) in [6, 6.07) is 0. The second kappa shape index (κ2) is 4.51. The first kappa shape index (κ1) is 11.1. The maximum Gasteiger partial charge on any atom is 0.153 e. The predicted molar refractivity (Wildman–Crippen MR) is 56.1 cm³/mol. The summed E-state index contributed by atoms with van der Waals surface area (Å²) >= 11 is 0. The zero-order valence-electron chi connectivity index (χ0n) is 9.37. The molecule has 0 saturated heterocycles. The average molecular weight is 194 g/mol. The van der Waals surface area contributed by atoms with Crippen molar-refractivity contribution < 1.29 is 4.74 Å². The van der Waals surface area contributed by atoms with Gasteiger partial charge >= 0.3 is 0 Å². The third-order valence-corrected chi connectivity index (χ3v) is 2.64. The van der Waals surface area contributed by atoms with E-state index in [1.54, 1.807) is 7.11 Å². The molecule has 1 rings (SSSR count).